The number of anilines is 1. The summed E-state index contributed by atoms with van der Waals surface area (Å²) in [5.41, 5.74) is 0.278. The molecule has 0 aliphatic rings. The third-order valence-electron chi connectivity index (χ3n) is 3.99. The Balaban J connectivity index is 2.16. The highest BCUT2D eigenvalue weighted by Gasteiger charge is 2.36. The van der Waals surface area contributed by atoms with Crippen LogP contribution in [0.15, 0.2) is 35.5 Å². The summed E-state index contributed by atoms with van der Waals surface area (Å²) < 4.78 is 96.2. The minimum Gasteiger partial charge on any atom is -0.497 e. The molecule has 13 heteroatoms. The normalized spacial score (nSPS) is 11.4. The average Bonchev–Trinajstić information content (AvgIpc) is 3.24. The molecule has 3 aromatic rings. The monoisotopic (exact) mass is 463 g/mol. The van der Waals surface area contributed by atoms with Crippen LogP contribution in [-0.4, -0.2) is 32.0 Å². The highest BCUT2D eigenvalue weighted by atomic mass is 32.2. The van der Waals surface area contributed by atoms with E-state index in [0.29, 0.717) is 21.6 Å². The van der Waals surface area contributed by atoms with Crippen molar-refractivity contribution in [1.82, 2.24) is 9.36 Å². The summed E-state index contributed by atoms with van der Waals surface area (Å²) in [6, 6.07) is 4.41. The number of sulfonamides is 1. The van der Waals surface area contributed by atoms with Crippen LogP contribution < -0.4 is 13.8 Å². The molecule has 1 aromatic heterocycles. The maximum atomic E-state index is 14.3. The topological polar surface area (TPSA) is 81.6 Å². The fourth-order valence-electron chi connectivity index (χ4n) is 2.57. The smallest absolute Gasteiger partial charge is 0.272 e. The second-order valence-electron chi connectivity index (χ2n) is 5.71. The molecule has 0 atom stereocenters. The molecule has 1 heterocycles. The van der Waals surface area contributed by atoms with Crippen molar-refractivity contribution < 1.29 is 35.5 Å². The Morgan fingerprint density at radius 3 is 2.37 bits per heavy atom. The molecule has 0 aliphatic heterocycles. The largest absolute Gasteiger partial charge is 0.497 e. The zero-order valence-corrected chi connectivity index (χ0v) is 17.0. The van der Waals surface area contributed by atoms with E-state index >= 15 is 0 Å². The van der Waals surface area contributed by atoms with Gasteiger partial charge in [-0.25, -0.2) is 35.3 Å². The van der Waals surface area contributed by atoms with Gasteiger partial charge in [-0.3, -0.25) is 0 Å². The number of benzene rings is 2. The Kier molecular flexibility index (Phi) is 6.12. The van der Waals surface area contributed by atoms with E-state index in [1.54, 1.807) is 0 Å². The minimum absolute atomic E-state index is 0.0441. The summed E-state index contributed by atoms with van der Waals surface area (Å²) in [6.45, 7) is -0.497. The first-order valence-corrected chi connectivity index (χ1v) is 10.2. The molecule has 0 N–H and O–H groups in total. The molecule has 0 unspecified atom stereocenters. The molecule has 0 amide bonds. The van der Waals surface area contributed by atoms with Crippen molar-refractivity contribution in [1.29, 1.82) is 0 Å². The van der Waals surface area contributed by atoms with Crippen LogP contribution in [0, 0.1) is 23.3 Å². The summed E-state index contributed by atoms with van der Waals surface area (Å²) in [7, 11) is -2.32. The van der Waals surface area contributed by atoms with Gasteiger partial charge in [0.25, 0.3) is 10.0 Å². The van der Waals surface area contributed by atoms with E-state index in [2.05, 4.69) is 9.36 Å². The highest BCUT2D eigenvalue weighted by Crippen LogP contribution is 2.33. The Hall–Kier alpha value is -2.93. The first kappa shape index (κ1) is 21.8. The molecule has 0 fully saturated rings. The predicted octanol–water partition coefficient (Wildman–Crippen LogP) is 3.51. The van der Waals surface area contributed by atoms with Gasteiger partial charge >= 0.3 is 0 Å². The van der Waals surface area contributed by atoms with E-state index in [-0.39, 0.29) is 22.5 Å². The zero-order valence-electron chi connectivity index (χ0n) is 15.4. The molecular formula is C17H13F4N3O4S2. The van der Waals surface area contributed by atoms with Crippen LogP contribution in [0.1, 0.15) is 5.56 Å². The van der Waals surface area contributed by atoms with Crippen molar-refractivity contribution >= 4 is 26.7 Å². The molecule has 0 radical (unpaired) electrons. The molecule has 0 aliphatic carbocycles. The van der Waals surface area contributed by atoms with Gasteiger partial charge in [-0.15, -0.1) is 0 Å². The summed E-state index contributed by atoms with van der Waals surface area (Å²) >= 11 is 0.619. The number of rotatable bonds is 7. The van der Waals surface area contributed by atoms with Gasteiger partial charge in [-0.05, 0) is 12.1 Å². The number of ether oxygens (including phenoxy) is 2. The first-order valence-electron chi connectivity index (χ1n) is 8.04. The van der Waals surface area contributed by atoms with E-state index in [9.17, 15) is 26.0 Å². The zero-order chi connectivity index (χ0) is 22.1. The number of hydrogen-bond acceptors (Lipinski definition) is 7. The summed E-state index contributed by atoms with van der Waals surface area (Å²) in [4.78, 5) is 2.12. The predicted molar refractivity (Wildman–Crippen MR) is 99.1 cm³/mol. The van der Waals surface area contributed by atoms with Gasteiger partial charge in [0.1, 0.15) is 23.6 Å². The fourth-order valence-corrected chi connectivity index (χ4v) is 4.80. The molecule has 7 nitrogen and oxygen atoms in total. The molecular weight excluding hydrogens is 450 g/mol. The fraction of sp³-hybridized carbons (Fsp3) is 0.176. The maximum Gasteiger partial charge on any atom is 0.272 e. The van der Waals surface area contributed by atoms with Crippen LogP contribution in [0.3, 0.4) is 0 Å². The molecule has 0 saturated heterocycles. The van der Waals surface area contributed by atoms with E-state index in [1.807, 2.05) is 0 Å². The van der Waals surface area contributed by atoms with Gasteiger partial charge in [0.2, 0.25) is 5.13 Å². The van der Waals surface area contributed by atoms with Crippen LogP contribution in [0.5, 0.6) is 11.5 Å². The molecule has 2 aromatic carbocycles. The molecule has 0 bridgehead atoms. The molecule has 160 valence electrons. The lowest BCUT2D eigenvalue weighted by atomic mass is 10.2. The van der Waals surface area contributed by atoms with Gasteiger partial charge in [0, 0.05) is 29.2 Å². The Morgan fingerprint density at radius 1 is 1.03 bits per heavy atom. The SMILES string of the molecule is COc1ccc(CN(c2ncns2)S(=O)(=O)c2c(F)cc(F)c(F)c2F)c(OC)c1. The quantitative estimate of drug-likeness (QED) is 0.303. The summed E-state index contributed by atoms with van der Waals surface area (Å²) in [5, 5.41) is -0.253. The molecule has 30 heavy (non-hydrogen) atoms. The summed E-state index contributed by atoms with van der Waals surface area (Å²) in [6.07, 6.45) is 1.03. The lowest BCUT2D eigenvalue weighted by molar-refractivity contribution is 0.391. The Labute approximate surface area is 172 Å². The van der Waals surface area contributed by atoms with Crippen LogP contribution in [0.4, 0.5) is 22.7 Å². The van der Waals surface area contributed by atoms with Crippen molar-refractivity contribution in [3.05, 3.63) is 59.4 Å². The minimum atomic E-state index is -5.07. The van der Waals surface area contributed by atoms with Gasteiger partial charge in [-0.2, -0.15) is 4.37 Å². The van der Waals surface area contributed by atoms with Gasteiger partial charge in [0.05, 0.1) is 20.8 Å². The standard InChI is InChI=1S/C17H13F4N3O4S2/c1-27-10-4-3-9(13(5-10)28-2)7-24(17-22-8-23-29-17)30(25,26)16-12(19)6-11(18)14(20)15(16)21/h3-6,8H,7H2,1-2H3. The van der Waals surface area contributed by atoms with E-state index in [0.717, 1.165) is 6.33 Å². The van der Waals surface area contributed by atoms with Crippen molar-refractivity contribution in [2.75, 3.05) is 18.5 Å². The van der Waals surface area contributed by atoms with Crippen LogP contribution in [0.25, 0.3) is 0 Å². The van der Waals surface area contributed by atoms with E-state index < -0.39 is 44.7 Å². The highest BCUT2D eigenvalue weighted by molar-refractivity contribution is 7.93. The second kappa shape index (κ2) is 8.44. The lowest BCUT2D eigenvalue weighted by Gasteiger charge is -2.23. The van der Waals surface area contributed by atoms with E-state index in [4.69, 9.17) is 9.47 Å². The second-order valence-corrected chi connectivity index (χ2v) is 8.27. The van der Waals surface area contributed by atoms with E-state index in [1.165, 1.54) is 32.4 Å². The van der Waals surface area contributed by atoms with Crippen molar-refractivity contribution in [3.63, 3.8) is 0 Å². The van der Waals surface area contributed by atoms with Crippen LogP contribution in [0.2, 0.25) is 0 Å². The van der Waals surface area contributed by atoms with Crippen molar-refractivity contribution in [2.45, 2.75) is 11.4 Å². The maximum absolute atomic E-state index is 14.3. The first-order chi connectivity index (χ1) is 14.2. The van der Waals surface area contributed by atoms with Gasteiger partial charge in [0.15, 0.2) is 22.3 Å². The molecule has 3 rings (SSSR count). The van der Waals surface area contributed by atoms with Crippen molar-refractivity contribution in [2.24, 2.45) is 0 Å². The lowest BCUT2D eigenvalue weighted by Crippen LogP contribution is -2.32. The Morgan fingerprint density at radius 2 is 1.77 bits per heavy atom. The van der Waals surface area contributed by atoms with Crippen LogP contribution in [-0.2, 0) is 16.6 Å². The van der Waals surface area contributed by atoms with Gasteiger partial charge < -0.3 is 9.47 Å². The molecule has 0 saturated carbocycles. The van der Waals surface area contributed by atoms with Gasteiger partial charge in [-0.1, -0.05) is 0 Å². The number of aromatic nitrogens is 2. The Bertz CT molecular complexity index is 1170. The average molecular weight is 463 g/mol. The third kappa shape index (κ3) is 3.89. The number of hydrogen-bond donors (Lipinski definition) is 0. The van der Waals surface area contributed by atoms with Crippen LogP contribution >= 0.6 is 11.5 Å². The van der Waals surface area contributed by atoms with Crippen molar-refractivity contribution in [3.8, 4) is 11.5 Å². The third-order valence-corrected chi connectivity index (χ3v) is 6.57. The number of nitrogens with zero attached hydrogens (tertiary/aromatic N) is 3. The number of methoxy groups -OCH3 is 2. The molecule has 0 spiro atoms. The summed E-state index contributed by atoms with van der Waals surface area (Å²) in [5.74, 6) is -7.31. The number of halogens is 4.